The van der Waals surface area contributed by atoms with Gasteiger partial charge in [0.05, 0.1) is 5.56 Å². The van der Waals surface area contributed by atoms with Crippen LogP contribution in [-0.4, -0.2) is 16.2 Å². The Morgan fingerprint density at radius 1 is 1.60 bits per heavy atom. The van der Waals surface area contributed by atoms with E-state index in [1.54, 1.807) is 0 Å². The fourth-order valence-corrected chi connectivity index (χ4v) is 1.01. The molecule has 80 valence electrons. The monoisotopic (exact) mass is 215 g/mol. The van der Waals surface area contributed by atoms with Crippen LogP contribution in [-0.2, 0) is 4.84 Å². The number of nitrogens with zero attached hydrogens (tertiary/aromatic N) is 1. The van der Waals surface area contributed by atoms with Gasteiger partial charge < -0.3 is 5.11 Å². The average molecular weight is 215 g/mol. The molecule has 0 heterocycles. The second-order valence-electron chi connectivity index (χ2n) is 2.72. The summed E-state index contributed by atoms with van der Waals surface area (Å²) in [4.78, 5) is 24.4. The van der Waals surface area contributed by atoms with Crippen molar-refractivity contribution in [1.82, 2.24) is 0 Å². The van der Waals surface area contributed by atoms with Crippen molar-refractivity contribution < 1.29 is 24.2 Å². The van der Waals surface area contributed by atoms with Crippen LogP contribution >= 0.6 is 0 Å². The van der Waals surface area contributed by atoms with Gasteiger partial charge in [0.2, 0.25) is 0 Å². The van der Waals surface area contributed by atoms with Crippen LogP contribution in [0, 0.1) is 22.9 Å². The molecule has 0 unspecified atom stereocenters. The van der Waals surface area contributed by atoms with Gasteiger partial charge in [-0.2, -0.15) is 0 Å². The first-order valence-corrected chi connectivity index (χ1v) is 3.77. The molecule has 0 bridgehead atoms. The highest BCUT2D eigenvalue weighted by Gasteiger charge is 2.18. The van der Waals surface area contributed by atoms with Gasteiger partial charge in [0.1, 0.15) is 11.6 Å². The number of phenolic OH excluding ortho intramolecular Hbond substituents is 1. The zero-order valence-electron chi connectivity index (χ0n) is 7.56. The summed E-state index contributed by atoms with van der Waals surface area (Å²) in [5.74, 6) is -2.75. The number of aryl methyl sites for hydroxylation is 1. The van der Waals surface area contributed by atoms with Crippen LogP contribution in [0.5, 0.6) is 5.75 Å². The van der Waals surface area contributed by atoms with Crippen LogP contribution in [0.1, 0.15) is 15.9 Å². The lowest BCUT2D eigenvalue weighted by Gasteiger charge is -2.04. The summed E-state index contributed by atoms with van der Waals surface area (Å²) >= 11 is 0. The van der Waals surface area contributed by atoms with Gasteiger partial charge in [0.25, 0.3) is 0 Å². The molecule has 0 aliphatic heterocycles. The van der Waals surface area contributed by atoms with E-state index in [0.717, 1.165) is 6.07 Å². The molecular formula is C8H6FNO5. The molecule has 1 N–H and O–H groups in total. The molecule has 1 aromatic rings. The fraction of sp³-hybridized carbons (Fsp3) is 0.125. The summed E-state index contributed by atoms with van der Waals surface area (Å²) in [7, 11) is 0. The number of carbonyl (C=O) groups excluding carboxylic acids is 1. The molecule has 7 heteroatoms. The van der Waals surface area contributed by atoms with Gasteiger partial charge in [-0.15, -0.1) is 10.1 Å². The van der Waals surface area contributed by atoms with E-state index in [2.05, 4.69) is 4.84 Å². The predicted molar refractivity (Wildman–Crippen MR) is 45.2 cm³/mol. The van der Waals surface area contributed by atoms with Crippen molar-refractivity contribution in [3.8, 4) is 5.75 Å². The molecule has 0 aliphatic rings. The largest absolute Gasteiger partial charge is 0.507 e. The van der Waals surface area contributed by atoms with E-state index >= 15 is 0 Å². The van der Waals surface area contributed by atoms with Crippen molar-refractivity contribution in [2.75, 3.05) is 0 Å². The number of hydrogen-bond donors (Lipinski definition) is 1. The summed E-state index contributed by atoms with van der Waals surface area (Å²) in [6.45, 7) is 1.35. The smallest absolute Gasteiger partial charge is 0.338 e. The van der Waals surface area contributed by atoms with Gasteiger partial charge >= 0.3 is 11.1 Å². The lowest BCUT2D eigenvalue weighted by molar-refractivity contribution is -0.727. The van der Waals surface area contributed by atoms with Crippen molar-refractivity contribution in [1.29, 1.82) is 0 Å². The van der Waals surface area contributed by atoms with E-state index in [1.807, 2.05) is 0 Å². The number of carbonyl (C=O) groups is 1. The Morgan fingerprint density at radius 2 is 2.20 bits per heavy atom. The lowest BCUT2D eigenvalue weighted by atomic mass is 10.1. The number of halogens is 1. The molecule has 0 aliphatic carbocycles. The van der Waals surface area contributed by atoms with E-state index in [0.29, 0.717) is 6.07 Å². The van der Waals surface area contributed by atoms with E-state index in [4.69, 9.17) is 0 Å². The second kappa shape index (κ2) is 3.91. The number of phenols is 1. The first-order chi connectivity index (χ1) is 6.91. The van der Waals surface area contributed by atoms with Crippen LogP contribution < -0.4 is 0 Å². The number of aromatic hydroxyl groups is 1. The van der Waals surface area contributed by atoms with Crippen LogP contribution in [0.15, 0.2) is 12.1 Å². The molecule has 0 amide bonds. The van der Waals surface area contributed by atoms with Crippen LogP contribution in [0.3, 0.4) is 0 Å². The summed E-state index contributed by atoms with van der Waals surface area (Å²) < 4.78 is 12.8. The second-order valence-corrected chi connectivity index (χ2v) is 2.72. The maximum absolute atomic E-state index is 12.8. The lowest BCUT2D eigenvalue weighted by Crippen LogP contribution is -2.11. The van der Waals surface area contributed by atoms with E-state index < -0.39 is 28.2 Å². The minimum absolute atomic E-state index is 0.0882. The molecule has 1 aromatic carbocycles. The standard InChI is InChI=1S/C8H6FNO5/c1-4-2-5(9)3-6(7(4)11)8(12)15-10(13)14/h2-3,11H,1H3. The molecule has 15 heavy (non-hydrogen) atoms. The highest BCUT2D eigenvalue weighted by Crippen LogP contribution is 2.23. The minimum Gasteiger partial charge on any atom is -0.507 e. The highest BCUT2D eigenvalue weighted by atomic mass is 19.1. The minimum atomic E-state index is -1.42. The van der Waals surface area contributed by atoms with Crippen LogP contribution in [0.25, 0.3) is 0 Å². The third kappa shape index (κ3) is 2.39. The number of benzene rings is 1. The third-order valence-electron chi connectivity index (χ3n) is 1.64. The van der Waals surface area contributed by atoms with Gasteiger partial charge in [-0.1, -0.05) is 0 Å². The number of hydrogen-bond acceptors (Lipinski definition) is 5. The van der Waals surface area contributed by atoms with Crippen molar-refractivity contribution in [3.63, 3.8) is 0 Å². The first kappa shape index (κ1) is 10.9. The summed E-state index contributed by atoms with van der Waals surface area (Å²) in [6.07, 6.45) is 0. The summed E-state index contributed by atoms with van der Waals surface area (Å²) in [5.41, 5.74) is -0.491. The quantitative estimate of drug-likeness (QED) is 0.591. The van der Waals surface area contributed by atoms with Gasteiger partial charge in [-0.05, 0) is 24.6 Å². The van der Waals surface area contributed by atoms with E-state index in [1.165, 1.54) is 6.92 Å². The molecule has 1 rings (SSSR count). The fourth-order valence-electron chi connectivity index (χ4n) is 1.01. The van der Waals surface area contributed by atoms with E-state index in [-0.39, 0.29) is 5.56 Å². The summed E-state index contributed by atoms with van der Waals surface area (Å²) in [6, 6.07) is 1.65. The molecule has 6 nitrogen and oxygen atoms in total. The Hall–Kier alpha value is -2.18. The van der Waals surface area contributed by atoms with Crippen molar-refractivity contribution >= 4 is 5.97 Å². The molecule has 0 atom stereocenters. The van der Waals surface area contributed by atoms with Crippen LogP contribution in [0.2, 0.25) is 0 Å². The Kier molecular flexibility index (Phi) is 2.84. The maximum Gasteiger partial charge on any atom is 0.338 e. The SMILES string of the molecule is Cc1cc(F)cc(C(=O)O[N+](=O)[O-])c1O. The Balaban J connectivity index is 3.13. The molecule has 0 saturated heterocycles. The molecule has 0 saturated carbocycles. The van der Waals surface area contributed by atoms with Gasteiger partial charge in [-0.25, -0.2) is 9.23 Å². The van der Waals surface area contributed by atoms with Crippen LogP contribution in [0.4, 0.5) is 4.39 Å². The van der Waals surface area contributed by atoms with Crippen molar-refractivity contribution in [2.45, 2.75) is 6.92 Å². The Labute approximate surface area is 83.0 Å². The normalized spacial score (nSPS) is 9.73. The summed E-state index contributed by atoms with van der Waals surface area (Å²) in [5, 5.41) is 17.8. The Bertz CT molecular complexity index is 431. The van der Waals surface area contributed by atoms with Gasteiger partial charge in [-0.3, -0.25) is 4.79 Å². The predicted octanol–water partition coefficient (Wildman–Crippen LogP) is 1.19. The molecule has 0 radical (unpaired) electrons. The molecule has 0 aromatic heterocycles. The first-order valence-electron chi connectivity index (χ1n) is 3.77. The van der Waals surface area contributed by atoms with Gasteiger partial charge in [0, 0.05) is 0 Å². The zero-order chi connectivity index (χ0) is 11.6. The van der Waals surface area contributed by atoms with Crippen molar-refractivity contribution in [3.05, 3.63) is 39.2 Å². The average Bonchev–Trinajstić information content (AvgIpc) is 2.09. The van der Waals surface area contributed by atoms with E-state index in [9.17, 15) is 24.4 Å². The van der Waals surface area contributed by atoms with Gasteiger partial charge in [0.15, 0.2) is 0 Å². The topological polar surface area (TPSA) is 89.7 Å². The zero-order valence-corrected chi connectivity index (χ0v) is 7.56. The molecule has 0 fully saturated rings. The number of rotatable bonds is 2. The Morgan fingerprint density at radius 3 is 2.73 bits per heavy atom. The molecule has 0 spiro atoms. The maximum atomic E-state index is 12.8. The third-order valence-corrected chi connectivity index (χ3v) is 1.64. The molecular weight excluding hydrogens is 209 g/mol. The highest BCUT2D eigenvalue weighted by molar-refractivity contribution is 5.92. The van der Waals surface area contributed by atoms with Crippen molar-refractivity contribution in [2.24, 2.45) is 0 Å².